The van der Waals surface area contributed by atoms with Gasteiger partial charge in [-0.2, -0.15) is 0 Å². The Balaban J connectivity index is 2.33. The van der Waals surface area contributed by atoms with Gasteiger partial charge in [-0.25, -0.2) is 0 Å². The van der Waals surface area contributed by atoms with Crippen molar-refractivity contribution in [3.63, 3.8) is 0 Å². The fourth-order valence-corrected chi connectivity index (χ4v) is 2.10. The molecule has 2 heteroatoms. The van der Waals surface area contributed by atoms with Crippen molar-refractivity contribution >= 4 is 10.9 Å². The molecule has 0 amide bonds. The zero-order valence-electron chi connectivity index (χ0n) is 10.7. The molecule has 2 aromatic rings. The van der Waals surface area contributed by atoms with E-state index in [4.69, 9.17) is 0 Å². The quantitative estimate of drug-likeness (QED) is 0.761. The lowest BCUT2D eigenvalue weighted by Gasteiger charge is -2.23. The Labute approximate surface area is 97.5 Å². The van der Waals surface area contributed by atoms with E-state index < -0.39 is 0 Å². The molecule has 1 heterocycles. The number of nitrogens with zero attached hydrogens (tertiary/aromatic N) is 1. The first-order valence-corrected chi connectivity index (χ1v) is 5.84. The molecule has 2 nitrogen and oxygen atoms in total. The van der Waals surface area contributed by atoms with Crippen LogP contribution in [0.25, 0.3) is 10.9 Å². The number of likely N-dealkylation sites (N-methyl/N-ethyl adjacent to an activating group) is 1. The summed E-state index contributed by atoms with van der Waals surface area (Å²) in [5.41, 5.74) is 4.05. The van der Waals surface area contributed by atoms with Crippen molar-refractivity contribution in [3.05, 3.63) is 35.5 Å². The van der Waals surface area contributed by atoms with Crippen LogP contribution in [0.15, 0.2) is 24.3 Å². The second-order valence-electron chi connectivity index (χ2n) is 5.54. The fraction of sp³-hybridized carbons (Fsp3) is 0.429. The molecule has 1 aromatic carbocycles. The van der Waals surface area contributed by atoms with E-state index in [9.17, 15) is 0 Å². The van der Waals surface area contributed by atoms with Crippen molar-refractivity contribution in [2.24, 2.45) is 0 Å². The molecule has 16 heavy (non-hydrogen) atoms. The third kappa shape index (κ3) is 2.27. The summed E-state index contributed by atoms with van der Waals surface area (Å²) in [6, 6.07) is 8.56. The zero-order chi connectivity index (χ0) is 11.8. The smallest absolute Gasteiger partial charge is 0.0822 e. The number of nitrogens with one attached hydrogen (secondary N) is 1. The van der Waals surface area contributed by atoms with Gasteiger partial charge in [-0.1, -0.05) is 18.2 Å². The van der Waals surface area contributed by atoms with Crippen molar-refractivity contribution in [2.75, 3.05) is 27.7 Å². The number of aromatic nitrogens is 1. The fourth-order valence-electron chi connectivity index (χ4n) is 2.10. The Morgan fingerprint density at radius 1 is 1.12 bits per heavy atom. The summed E-state index contributed by atoms with van der Waals surface area (Å²) in [6.45, 7) is 3.34. The molecular formula is C14H21N2+. The molecule has 0 saturated heterocycles. The van der Waals surface area contributed by atoms with E-state index in [1.807, 2.05) is 0 Å². The third-order valence-corrected chi connectivity index (χ3v) is 3.06. The van der Waals surface area contributed by atoms with Gasteiger partial charge in [0.2, 0.25) is 0 Å². The van der Waals surface area contributed by atoms with E-state index in [0.717, 1.165) is 10.9 Å². The van der Waals surface area contributed by atoms with Crippen molar-refractivity contribution in [1.29, 1.82) is 0 Å². The molecule has 0 spiro atoms. The Bertz CT molecular complexity index is 489. The summed E-state index contributed by atoms with van der Waals surface area (Å²) in [4.78, 5) is 3.46. The van der Waals surface area contributed by atoms with Crippen LogP contribution in [0, 0.1) is 6.92 Å². The molecule has 0 aliphatic rings. The Kier molecular flexibility index (Phi) is 2.76. The second-order valence-corrected chi connectivity index (χ2v) is 5.54. The molecule has 0 atom stereocenters. The van der Waals surface area contributed by atoms with Crippen LogP contribution in [-0.2, 0) is 6.42 Å². The monoisotopic (exact) mass is 217 g/mol. The Morgan fingerprint density at radius 3 is 2.50 bits per heavy atom. The highest BCUT2D eigenvalue weighted by Gasteiger charge is 2.12. The van der Waals surface area contributed by atoms with Gasteiger partial charge >= 0.3 is 0 Å². The van der Waals surface area contributed by atoms with Crippen LogP contribution in [0.4, 0.5) is 0 Å². The van der Waals surface area contributed by atoms with Crippen LogP contribution in [0.5, 0.6) is 0 Å². The Hall–Kier alpha value is -1.28. The minimum atomic E-state index is 1.01. The first-order chi connectivity index (χ1) is 7.47. The van der Waals surface area contributed by atoms with Crippen molar-refractivity contribution in [2.45, 2.75) is 13.3 Å². The van der Waals surface area contributed by atoms with E-state index in [1.165, 1.54) is 28.7 Å². The summed E-state index contributed by atoms with van der Waals surface area (Å²) in [5, 5.41) is 1.38. The summed E-state index contributed by atoms with van der Waals surface area (Å²) < 4.78 is 1.01. The van der Waals surface area contributed by atoms with Crippen molar-refractivity contribution in [1.82, 2.24) is 4.98 Å². The summed E-state index contributed by atoms with van der Waals surface area (Å²) in [5.74, 6) is 0. The second kappa shape index (κ2) is 3.95. The molecule has 0 bridgehead atoms. The summed E-state index contributed by atoms with van der Waals surface area (Å²) in [7, 11) is 6.72. The lowest BCUT2D eigenvalue weighted by atomic mass is 10.1. The molecule has 0 unspecified atom stereocenters. The van der Waals surface area contributed by atoms with Crippen LogP contribution in [0.3, 0.4) is 0 Å². The van der Waals surface area contributed by atoms with E-state index in [1.54, 1.807) is 0 Å². The number of rotatable bonds is 3. The van der Waals surface area contributed by atoms with Crippen LogP contribution in [0.2, 0.25) is 0 Å². The van der Waals surface area contributed by atoms with Gasteiger partial charge < -0.3 is 9.47 Å². The largest absolute Gasteiger partial charge is 0.358 e. The molecule has 0 radical (unpaired) electrons. The predicted octanol–water partition coefficient (Wildman–Crippen LogP) is 2.73. The van der Waals surface area contributed by atoms with Crippen molar-refractivity contribution in [3.8, 4) is 0 Å². The lowest BCUT2D eigenvalue weighted by molar-refractivity contribution is -0.870. The third-order valence-electron chi connectivity index (χ3n) is 3.06. The number of hydrogen-bond donors (Lipinski definition) is 1. The van der Waals surface area contributed by atoms with Crippen LogP contribution >= 0.6 is 0 Å². The molecule has 1 N–H and O–H groups in total. The molecule has 0 saturated carbocycles. The van der Waals surface area contributed by atoms with Crippen LogP contribution in [-0.4, -0.2) is 37.2 Å². The van der Waals surface area contributed by atoms with E-state index in [-0.39, 0.29) is 0 Å². The Morgan fingerprint density at radius 2 is 1.81 bits per heavy atom. The maximum Gasteiger partial charge on any atom is 0.0822 e. The number of quaternary nitrogens is 1. The SMILES string of the molecule is Cc1[nH]c2ccccc2c1CC[N+](C)(C)C. The minimum absolute atomic E-state index is 1.01. The molecule has 2 rings (SSSR count). The standard InChI is InChI=1S/C14H21N2/c1-11-12(9-10-16(2,3)4)13-7-5-6-8-14(13)15-11/h5-8,15H,9-10H2,1-4H3/q+1. The number of aryl methyl sites for hydroxylation is 1. The van der Waals surface area contributed by atoms with E-state index in [0.29, 0.717) is 0 Å². The lowest BCUT2D eigenvalue weighted by Crippen LogP contribution is -2.36. The topological polar surface area (TPSA) is 15.8 Å². The van der Waals surface area contributed by atoms with E-state index in [2.05, 4.69) is 57.3 Å². The van der Waals surface area contributed by atoms with Gasteiger partial charge in [-0.05, 0) is 18.6 Å². The molecule has 0 aliphatic heterocycles. The summed E-state index contributed by atoms with van der Waals surface area (Å²) >= 11 is 0. The van der Waals surface area contributed by atoms with Crippen LogP contribution < -0.4 is 0 Å². The first kappa shape index (κ1) is 11.2. The number of para-hydroxylation sites is 1. The molecule has 0 aliphatic carbocycles. The average molecular weight is 217 g/mol. The van der Waals surface area contributed by atoms with Gasteiger partial charge in [0.25, 0.3) is 0 Å². The van der Waals surface area contributed by atoms with Gasteiger partial charge in [-0.3, -0.25) is 0 Å². The van der Waals surface area contributed by atoms with Crippen LogP contribution in [0.1, 0.15) is 11.3 Å². The highest BCUT2D eigenvalue weighted by Crippen LogP contribution is 2.22. The highest BCUT2D eigenvalue weighted by atomic mass is 15.3. The number of aromatic amines is 1. The maximum absolute atomic E-state index is 3.46. The number of benzene rings is 1. The van der Waals surface area contributed by atoms with Gasteiger partial charge in [-0.15, -0.1) is 0 Å². The number of fused-ring (bicyclic) bond motifs is 1. The number of hydrogen-bond acceptors (Lipinski definition) is 0. The molecular weight excluding hydrogens is 196 g/mol. The van der Waals surface area contributed by atoms with Gasteiger partial charge in [0.05, 0.1) is 27.7 Å². The van der Waals surface area contributed by atoms with Gasteiger partial charge in [0.15, 0.2) is 0 Å². The molecule has 0 fully saturated rings. The average Bonchev–Trinajstić information content (AvgIpc) is 2.49. The van der Waals surface area contributed by atoms with E-state index >= 15 is 0 Å². The predicted molar refractivity (Wildman–Crippen MR) is 69.6 cm³/mol. The minimum Gasteiger partial charge on any atom is -0.358 e. The normalized spacial score (nSPS) is 12.2. The molecule has 86 valence electrons. The van der Waals surface area contributed by atoms with Crippen molar-refractivity contribution < 1.29 is 4.48 Å². The first-order valence-electron chi connectivity index (χ1n) is 5.84. The van der Waals surface area contributed by atoms with Gasteiger partial charge in [0, 0.05) is 23.0 Å². The summed E-state index contributed by atoms with van der Waals surface area (Å²) in [6.07, 6.45) is 1.14. The maximum atomic E-state index is 3.46. The highest BCUT2D eigenvalue weighted by molar-refractivity contribution is 5.84. The van der Waals surface area contributed by atoms with Gasteiger partial charge in [0.1, 0.15) is 0 Å². The molecule has 1 aromatic heterocycles. The number of H-pyrrole nitrogens is 1. The zero-order valence-corrected chi connectivity index (χ0v) is 10.7.